The molecule has 0 aromatic heterocycles. The van der Waals surface area contributed by atoms with Crippen LogP contribution in [0.15, 0.2) is 53.0 Å². The number of halogens is 2. The van der Waals surface area contributed by atoms with Crippen molar-refractivity contribution in [2.45, 2.75) is 0 Å². The van der Waals surface area contributed by atoms with Crippen LogP contribution in [0.4, 0.5) is 5.69 Å². The maximum Gasteiger partial charge on any atom is 0.0770 e. The second-order valence-corrected chi connectivity index (χ2v) is 4.97. The van der Waals surface area contributed by atoms with Crippen molar-refractivity contribution in [3.8, 4) is 11.8 Å². The van der Waals surface area contributed by atoms with Gasteiger partial charge in [-0.2, -0.15) is 0 Å². The Balaban J connectivity index is 1.95. The fourth-order valence-electron chi connectivity index (χ4n) is 1.44. The normalized spacial score (nSPS) is 9.44. The van der Waals surface area contributed by atoms with Crippen molar-refractivity contribution in [2.24, 2.45) is 0 Å². The highest BCUT2D eigenvalue weighted by atomic mass is 79.9. The van der Waals surface area contributed by atoms with Gasteiger partial charge >= 0.3 is 0 Å². The van der Waals surface area contributed by atoms with Crippen molar-refractivity contribution in [3.05, 3.63) is 63.6 Å². The van der Waals surface area contributed by atoms with E-state index in [9.17, 15) is 0 Å². The fraction of sp³-hybridized carbons (Fsp3) is 0.0667. The summed E-state index contributed by atoms with van der Waals surface area (Å²) >= 11 is 9.45. The van der Waals surface area contributed by atoms with Crippen LogP contribution in [0.5, 0.6) is 0 Å². The van der Waals surface area contributed by atoms with E-state index >= 15 is 0 Å². The Hall–Kier alpha value is -1.43. The Labute approximate surface area is 120 Å². The predicted octanol–water partition coefficient (Wildman–Crippen LogP) is 4.57. The molecule has 0 atom stereocenters. The minimum Gasteiger partial charge on any atom is -0.373 e. The summed E-state index contributed by atoms with van der Waals surface area (Å²) < 4.78 is 0.966. The SMILES string of the molecule is Clc1cc(Br)ccc1NCC#Cc1ccccc1. The van der Waals surface area contributed by atoms with E-state index in [1.807, 2.05) is 48.5 Å². The lowest BCUT2D eigenvalue weighted by atomic mass is 10.2. The molecule has 0 unspecified atom stereocenters. The van der Waals surface area contributed by atoms with Gasteiger partial charge < -0.3 is 5.32 Å². The number of rotatable bonds is 2. The third-order valence-electron chi connectivity index (χ3n) is 2.30. The van der Waals surface area contributed by atoms with Crippen molar-refractivity contribution >= 4 is 33.2 Å². The molecule has 1 nitrogen and oxygen atoms in total. The maximum atomic E-state index is 6.08. The molecule has 0 aliphatic carbocycles. The fourth-order valence-corrected chi connectivity index (χ4v) is 2.18. The summed E-state index contributed by atoms with van der Waals surface area (Å²) in [5.41, 5.74) is 1.91. The maximum absolute atomic E-state index is 6.08. The smallest absolute Gasteiger partial charge is 0.0770 e. The van der Waals surface area contributed by atoms with Gasteiger partial charge in [-0.3, -0.25) is 0 Å². The third kappa shape index (κ3) is 3.80. The lowest BCUT2D eigenvalue weighted by molar-refractivity contribution is 1.37. The van der Waals surface area contributed by atoms with Crippen LogP contribution in [0.1, 0.15) is 5.56 Å². The first-order valence-corrected chi connectivity index (χ1v) is 6.65. The standard InChI is InChI=1S/C15H11BrClN/c16-13-8-9-15(14(17)11-13)18-10-4-7-12-5-2-1-3-6-12/h1-3,5-6,8-9,11,18H,10H2. The van der Waals surface area contributed by atoms with Crippen LogP contribution in [0.3, 0.4) is 0 Å². The van der Waals surface area contributed by atoms with E-state index < -0.39 is 0 Å². The van der Waals surface area contributed by atoms with Gasteiger partial charge in [0.15, 0.2) is 0 Å². The molecule has 18 heavy (non-hydrogen) atoms. The minimum absolute atomic E-state index is 0.566. The molecular weight excluding hydrogens is 310 g/mol. The molecular formula is C15H11BrClN. The molecule has 0 fully saturated rings. The Morgan fingerprint density at radius 1 is 1.11 bits per heavy atom. The summed E-state index contributed by atoms with van der Waals surface area (Å²) in [6.07, 6.45) is 0. The van der Waals surface area contributed by atoms with E-state index in [1.165, 1.54) is 0 Å². The second kappa shape index (κ2) is 6.49. The lowest BCUT2D eigenvalue weighted by Gasteiger charge is -2.04. The zero-order valence-electron chi connectivity index (χ0n) is 9.58. The first-order chi connectivity index (χ1) is 8.75. The monoisotopic (exact) mass is 319 g/mol. The van der Waals surface area contributed by atoms with Gasteiger partial charge in [-0.25, -0.2) is 0 Å². The Bertz CT molecular complexity index is 584. The lowest BCUT2D eigenvalue weighted by Crippen LogP contribution is -1.99. The molecule has 0 bridgehead atoms. The van der Waals surface area contributed by atoms with Crippen LogP contribution >= 0.6 is 27.5 Å². The summed E-state index contributed by atoms with van der Waals surface area (Å²) in [5.74, 6) is 6.14. The van der Waals surface area contributed by atoms with E-state index in [0.717, 1.165) is 15.7 Å². The first-order valence-electron chi connectivity index (χ1n) is 5.48. The number of nitrogens with one attached hydrogen (secondary N) is 1. The van der Waals surface area contributed by atoms with E-state index in [-0.39, 0.29) is 0 Å². The van der Waals surface area contributed by atoms with Gasteiger partial charge in [0.05, 0.1) is 17.3 Å². The molecule has 0 radical (unpaired) electrons. The van der Waals surface area contributed by atoms with Crippen molar-refractivity contribution in [2.75, 3.05) is 11.9 Å². The van der Waals surface area contributed by atoms with E-state index in [4.69, 9.17) is 11.6 Å². The number of hydrogen-bond donors (Lipinski definition) is 1. The largest absolute Gasteiger partial charge is 0.373 e. The molecule has 1 N–H and O–H groups in total. The Morgan fingerprint density at radius 3 is 2.61 bits per heavy atom. The van der Waals surface area contributed by atoms with E-state index in [0.29, 0.717) is 11.6 Å². The summed E-state index contributed by atoms with van der Waals surface area (Å²) in [5, 5.41) is 3.87. The molecule has 0 saturated heterocycles. The van der Waals surface area contributed by atoms with Crippen LogP contribution < -0.4 is 5.32 Å². The van der Waals surface area contributed by atoms with Gasteiger partial charge in [0, 0.05) is 10.0 Å². The molecule has 0 amide bonds. The highest BCUT2D eigenvalue weighted by Crippen LogP contribution is 2.25. The molecule has 2 rings (SSSR count). The van der Waals surface area contributed by atoms with Gasteiger partial charge in [-0.15, -0.1) is 0 Å². The van der Waals surface area contributed by atoms with Crippen molar-refractivity contribution in [3.63, 3.8) is 0 Å². The molecule has 2 aromatic rings. The average Bonchev–Trinajstić information content (AvgIpc) is 2.38. The first kappa shape index (κ1) is 13.0. The number of benzene rings is 2. The second-order valence-electron chi connectivity index (χ2n) is 3.65. The highest BCUT2D eigenvalue weighted by Gasteiger charge is 1.98. The van der Waals surface area contributed by atoms with Crippen LogP contribution in [0.2, 0.25) is 5.02 Å². The summed E-state index contributed by atoms with van der Waals surface area (Å²) in [6, 6.07) is 15.6. The average molecular weight is 321 g/mol. The molecule has 90 valence electrons. The molecule has 2 aromatic carbocycles. The van der Waals surface area contributed by atoms with Gasteiger partial charge in [-0.1, -0.05) is 57.6 Å². The quantitative estimate of drug-likeness (QED) is 0.800. The van der Waals surface area contributed by atoms with Crippen molar-refractivity contribution in [1.82, 2.24) is 0 Å². The highest BCUT2D eigenvalue weighted by molar-refractivity contribution is 9.10. The summed E-state index contributed by atoms with van der Waals surface area (Å²) in [6.45, 7) is 0.566. The van der Waals surface area contributed by atoms with Crippen LogP contribution in [0, 0.1) is 11.8 Å². The van der Waals surface area contributed by atoms with Gasteiger partial charge in [-0.05, 0) is 30.3 Å². The van der Waals surface area contributed by atoms with Gasteiger partial charge in [0.2, 0.25) is 0 Å². The van der Waals surface area contributed by atoms with Crippen molar-refractivity contribution < 1.29 is 0 Å². The topological polar surface area (TPSA) is 12.0 Å². The summed E-state index contributed by atoms with van der Waals surface area (Å²) in [4.78, 5) is 0. The van der Waals surface area contributed by atoms with E-state index in [1.54, 1.807) is 0 Å². The van der Waals surface area contributed by atoms with Crippen LogP contribution in [-0.2, 0) is 0 Å². The molecule has 0 heterocycles. The summed E-state index contributed by atoms with van der Waals surface area (Å²) in [7, 11) is 0. The Morgan fingerprint density at radius 2 is 1.89 bits per heavy atom. The number of anilines is 1. The molecule has 0 saturated carbocycles. The molecule has 3 heteroatoms. The zero-order valence-corrected chi connectivity index (χ0v) is 11.9. The van der Waals surface area contributed by atoms with Crippen LogP contribution in [-0.4, -0.2) is 6.54 Å². The molecule has 0 aliphatic rings. The predicted molar refractivity (Wildman–Crippen MR) is 81.0 cm³/mol. The van der Waals surface area contributed by atoms with Crippen molar-refractivity contribution in [1.29, 1.82) is 0 Å². The molecule has 0 spiro atoms. The zero-order chi connectivity index (χ0) is 12.8. The van der Waals surface area contributed by atoms with Gasteiger partial charge in [0.1, 0.15) is 0 Å². The van der Waals surface area contributed by atoms with Crippen LogP contribution in [0.25, 0.3) is 0 Å². The number of hydrogen-bond acceptors (Lipinski definition) is 1. The third-order valence-corrected chi connectivity index (χ3v) is 3.11. The Kier molecular flexibility index (Phi) is 4.69. The molecule has 0 aliphatic heterocycles. The van der Waals surface area contributed by atoms with E-state index in [2.05, 4.69) is 33.1 Å². The van der Waals surface area contributed by atoms with Gasteiger partial charge in [0.25, 0.3) is 0 Å². The minimum atomic E-state index is 0.566.